The molecular weight excluding hydrogens is 440 g/mol. The van der Waals surface area contributed by atoms with Crippen molar-refractivity contribution in [3.63, 3.8) is 0 Å². The molecule has 4 saturated carbocycles. The molecule has 7 heteroatoms. The molecule has 2 aliphatic heterocycles. The molecule has 0 radical (unpaired) electrons. The molecule has 188 valence electrons. The second kappa shape index (κ2) is 8.30. The van der Waals surface area contributed by atoms with Gasteiger partial charge in [0.15, 0.2) is 6.79 Å². The van der Waals surface area contributed by atoms with Crippen molar-refractivity contribution in [3.8, 4) is 0 Å². The summed E-state index contributed by atoms with van der Waals surface area (Å²) in [7, 11) is 4.16. The molecule has 2 saturated heterocycles. The zero-order valence-electron chi connectivity index (χ0n) is 21.0. The highest BCUT2D eigenvalue weighted by Crippen LogP contribution is 2.68. The highest BCUT2D eigenvalue weighted by Gasteiger charge is 2.70. The van der Waals surface area contributed by atoms with Crippen LogP contribution in [-0.2, 0) is 14.5 Å². The Kier molecular flexibility index (Phi) is 5.28. The van der Waals surface area contributed by atoms with Crippen LogP contribution in [0.4, 0.5) is 11.4 Å². The van der Waals surface area contributed by atoms with Crippen molar-refractivity contribution >= 4 is 22.3 Å². The Bertz CT molecular complexity index is 1070. The molecule has 4 aliphatic carbocycles. The summed E-state index contributed by atoms with van der Waals surface area (Å²) in [5.74, 6) is 2.71. The third-order valence-corrected chi connectivity index (χ3v) is 10.1. The lowest BCUT2D eigenvalue weighted by molar-refractivity contribution is -0.398. The average Bonchev–Trinajstić information content (AvgIpc) is 3.33. The second-order valence-corrected chi connectivity index (χ2v) is 12.0. The maximum absolute atomic E-state index is 6.36. The Morgan fingerprint density at radius 1 is 1.09 bits per heavy atom. The van der Waals surface area contributed by atoms with E-state index >= 15 is 0 Å². The van der Waals surface area contributed by atoms with Gasteiger partial charge in [0.25, 0.3) is 0 Å². The fourth-order valence-electron chi connectivity index (χ4n) is 8.71. The molecule has 4 bridgehead atoms. The number of hydrogen-bond acceptors (Lipinski definition) is 7. The summed E-state index contributed by atoms with van der Waals surface area (Å²) >= 11 is 0. The van der Waals surface area contributed by atoms with Gasteiger partial charge in [-0.2, -0.15) is 4.89 Å². The Morgan fingerprint density at radius 2 is 1.89 bits per heavy atom. The largest absolute Gasteiger partial charge is 0.383 e. The number of benzene rings is 1. The summed E-state index contributed by atoms with van der Waals surface area (Å²) in [5, 5.41) is 4.91. The summed E-state index contributed by atoms with van der Waals surface area (Å²) in [4.78, 5) is 20.9. The van der Waals surface area contributed by atoms with Gasteiger partial charge in [0.05, 0.1) is 5.52 Å². The molecular formula is C28H38N4O3. The van der Waals surface area contributed by atoms with E-state index in [9.17, 15) is 0 Å². The SMILES string of the molecule is CN(C)c1ccc2nccc(NCCN3CCC4(OCOO4)C4(C3)C3CC5CC(C3)CC4C5)c2c1. The van der Waals surface area contributed by atoms with Crippen LogP contribution in [0.5, 0.6) is 0 Å². The zero-order chi connectivity index (χ0) is 23.6. The first kappa shape index (κ1) is 22.3. The van der Waals surface area contributed by atoms with E-state index in [1.165, 1.54) is 43.2 Å². The van der Waals surface area contributed by atoms with E-state index in [2.05, 4.69) is 58.5 Å². The fraction of sp³-hybridized carbons (Fsp3) is 0.679. The van der Waals surface area contributed by atoms with Crippen LogP contribution in [0.2, 0.25) is 0 Å². The van der Waals surface area contributed by atoms with E-state index in [1.54, 1.807) is 0 Å². The van der Waals surface area contributed by atoms with Gasteiger partial charge in [0, 0.05) is 75.1 Å². The van der Waals surface area contributed by atoms with Gasteiger partial charge in [-0.15, -0.1) is 0 Å². The monoisotopic (exact) mass is 478 g/mol. The summed E-state index contributed by atoms with van der Waals surface area (Å²) < 4.78 is 6.36. The van der Waals surface area contributed by atoms with E-state index in [0.717, 1.165) is 55.6 Å². The number of nitrogens with one attached hydrogen (secondary N) is 1. The van der Waals surface area contributed by atoms with Crippen LogP contribution in [0.3, 0.4) is 0 Å². The number of ether oxygens (including phenoxy) is 1. The Morgan fingerprint density at radius 3 is 2.60 bits per heavy atom. The van der Waals surface area contributed by atoms with Crippen LogP contribution < -0.4 is 10.2 Å². The topological polar surface area (TPSA) is 59.1 Å². The van der Waals surface area contributed by atoms with Crippen molar-refractivity contribution in [2.24, 2.45) is 29.1 Å². The zero-order valence-corrected chi connectivity index (χ0v) is 21.0. The van der Waals surface area contributed by atoms with E-state index in [4.69, 9.17) is 14.5 Å². The van der Waals surface area contributed by atoms with Crippen molar-refractivity contribution < 1.29 is 14.5 Å². The molecule has 1 N–H and O–H groups in total. The number of aromatic nitrogens is 1. The van der Waals surface area contributed by atoms with Crippen LogP contribution in [-0.4, -0.2) is 62.7 Å². The molecule has 2 aromatic rings. The number of nitrogens with zero attached hydrogens (tertiary/aromatic N) is 3. The minimum absolute atomic E-state index is 0.0686. The van der Waals surface area contributed by atoms with Gasteiger partial charge in [0.1, 0.15) is 0 Å². The smallest absolute Gasteiger partial charge is 0.212 e. The van der Waals surface area contributed by atoms with Crippen molar-refractivity contribution in [2.45, 2.75) is 44.3 Å². The Balaban J connectivity index is 1.10. The summed E-state index contributed by atoms with van der Waals surface area (Å²) in [6.07, 6.45) is 9.67. The normalized spacial score (nSPS) is 38.1. The molecule has 1 aromatic heterocycles. The third-order valence-electron chi connectivity index (χ3n) is 10.1. The van der Waals surface area contributed by atoms with Crippen molar-refractivity contribution in [1.82, 2.24) is 9.88 Å². The van der Waals surface area contributed by atoms with Gasteiger partial charge in [0.2, 0.25) is 5.79 Å². The Hall–Kier alpha value is -1.93. The molecule has 8 rings (SSSR count). The minimum Gasteiger partial charge on any atom is -0.383 e. The van der Waals surface area contributed by atoms with E-state index in [0.29, 0.717) is 11.8 Å². The molecule has 1 unspecified atom stereocenters. The van der Waals surface area contributed by atoms with Gasteiger partial charge in [-0.25, -0.2) is 4.89 Å². The van der Waals surface area contributed by atoms with Gasteiger partial charge >= 0.3 is 0 Å². The van der Waals surface area contributed by atoms with Gasteiger partial charge < -0.3 is 19.9 Å². The second-order valence-electron chi connectivity index (χ2n) is 12.0. The number of anilines is 2. The number of rotatable bonds is 5. The van der Waals surface area contributed by atoms with E-state index < -0.39 is 5.79 Å². The van der Waals surface area contributed by atoms with Gasteiger partial charge in [-0.3, -0.25) is 4.98 Å². The first-order chi connectivity index (χ1) is 17.1. The first-order valence-corrected chi connectivity index (χ1v) is 13.5. The number of hydrogen-bond donors (Lipinski definition) is 1. The lowest BCUT2D eigenvalue weighted by Gasteiger charge is -2.67. The molecule has 1 atom stereocenters. The summed E-state index contributed by atoms with van der Waals surface area (Å²) in [6, 6.07) is 8.57. The lowest BCUT2D eigenvalue weighted by Crippen LogP contribution is -2.71. The highest BCUT2D eigenvalue weighted by molar-refractivity contribution is 5.93. The fourth-order valence-corrected chi connectivity index (χ4v) is 8.71. The molecule has 2 spiro atoms. The maximum Gasteiger partial charge on any atom is 0.212 e. The molecule has 1 aromatic carbocycles. The third kappa shape index (κ3) is 3.42. The first-order valence-electron chi connectivity index (χ1n) is 13.5. The Labute approximate surface area is 208 Å². The van der Waals surface area contributed by atoms with Crippen molar-refractivity contribution in [2.75, 3.05) is 57.3 Å². The number of fused-ring (bicyclic) bond motifs is 1. The molecule has 6 aliphatic rings. The highest BCUT2D eigenvalue weighted by atomic mass is 17.3. The van der Waals surface area contributed by atoms with Crippen molar-refractivity contribution in [3.05, 3.63) is 30.5 Å². The van der Waals surface area contributed by atoms with Gasteiger partial charge in [-0.1, -0.05) is 0 Å². The minimum atomic E-state index is -0.538. The predicted molar refractivity (Wildman–Crippen MR) is 136 cm³/mol. The predicted octanol–water partition coefficient (Wildman–Crippen LogP) is 4.49. The standard InChI is InChI=1S/C28H38N4O3/c1-31(2)23-3-4-25-24(16-23)26(5-7-29-25)30-8-10-32-9-6-28(33-18-34-35-28)27(17-32)21-12-19-11-20(14-21)15-22(27)13-19/h3-5,7,16,19-22H,6,8-15,17-18H2,1-2H3,(H,29,30). The van der Waals surface area contributed by atoms with Crippen LogP contribution in [0.1, 0.15) is 38.5 Å². The lowest BCUT2D eigenvalue weighted by atomic mass is 9.42. The van der Waals surface area contributed by atoms with Crippen LogP contribution in [0.25, 0.3) is 10.9 Å². The van der Waals surface area contributed by atoms with E-state index in [1.807, 2.05) is 6.20 Å². The average molecular weight is 479 g/mol. The van der Waals surface area contributed by atoms with E-state index in [-0.39, 0.29) is 12.2 Å². The van der Waals surface area contributed by atoms with Crippen LogP contribution >= 0.6 is 0 Å². The molecule has 3 heterocycles. The number of pyridine rings is 1. The maximum atomic E-state index is 6.36. The van der Waals surface area contributed by atoms with Crippen LogP contribution in [0, 0.1) is 29.1 Å². The number of piperidine rings is 1. The van der Waals surface area contributed by atoms with Crippen LogP contribution in [0.15, 0.2) is 30.5 Å². The van der Waals surface area contributed by atoms with Gasteiger partial charge in [-0.05, 0) is 80.0 Å². The quantitative estimate of drug-likeness (QED) is 0.635. The molecule has 35 heavy (non-hydrogen) atoms. The number of likely N-dealkylation sites (tertiary alicyclic amines) is 1. The molecule has 6 fully saturated rings. The molecule has 7 nitrogen and oxygen atoms in total. The summed E-state index contributed by atoms with van der Waals surface area (Å²) in [5.41, 5.74) is 3.45. The summed E-state index contributed by atoms with van der Waals surface area (Å²) in [6.45, 7) is 4.25. The molecule has 0 amide bonds. The van der Waals surface area contributed by atoms with Crippen molar-refractivity contribution in [1.29, 1.82) is 0 Å².